The second-order valence-electron chi connectivity index (χ2n) is 11.3. The molecule has 10 aromatic rings. The molecule has 7 aromatic carbocycles. The van der Waals surface area contributed by atoms with Gasteiger partial charge in [0.25, 0.3) is 0 Å². The summed E-state index contributed by atoms with van der Waals surface area (Å²) in [4.78, 5) is 14.6. The summed E-state index contributed by atoms with van der Waals surface area (Å²) in [5.41, 5.74) is 3.90. The molecule has 0 aliphatic carbocycles. The van der Waals surface area contributed by atoms with Crippen LogP contribution in [0.4, 0.5) is 0 Å². The second-order valence-corrected chi connectivity index (χ2v) is 11.3. The first kappa shape index (κ1) is 19.2. The summed E-state index contributed by atoms with van der Waals surface area (Å²) in [6.07, 6.45) is 0. The summed E-state index contributed by atoms with van der Waals surface area (Å²) in [5.74, 6) is 0.322. The first-order valence-electron chi connectivity index (χ1n) is 19.7. The standard InChI is InChI=1S/C43H25N3O2/c1-3-12-26(13-4-1)29-19-11-20-34-32-23-22-28(24-38(32)48-39(29)34)42-44-41(27-14-5-2-6-15-27)45-43(46-42)36-25-35-31-17-9-10-21-37(31)47-40(35)33-18-8-7-16-30(33)36/h1-25H/i7D,8D,9D,10D,16D,17D,18D,21D,25D. The third-order valence-corrected chi connectivity index (χ3v) is 8.48. The number of fused-ring (bicyclic) bond motifs is 8. The number of rotatable bonds is 4. The lowest BCUT2D eigenvalue weighted by Gasteiger charge is -2.11. The van der Waals surface area contributed by atoms with Crippen LogP contribution in [0.2, 0.25) is 0 Å². The van der Waals surface area contributed by atoms with Gasteiger partial charge in [0.15, 0.2) is 17.5 Å². The highest BCUT2D eigenvalue weighted by Crippen LogP contribution is 2.40. The predicted octanol–water partition coefficient (Wildman–Crippen LogP) is 11.5. The van der Waals surface area contributed by atoms with E-state index in [2.05, 4.69) is 0 Å². The number of furan rings is 2. The SMILES string of the molecule is [2H]c1c([2H])c([2H])c2c(oc3c4c([2H])c([2H])c([2H])c([2H])c4c(-c4nc(-c5ccccc5)nc(-c5ccc6c(c5)oc5c(-c7ccccc7)cccc56)n4)c([2H])c32)c1[2H]. The minimum atomic E-state index is -0.562. The van der Waals surface area contributed by atoms with Crippen molar-refractivity contribution in [2.75, 3.05) is 0 Å². The third-order valence-electron chi connectivity index (χ3n) is 8.48. The van der Waals surface area contributed by atoms with E-state index in [4.69, 9.17) is 34.8 Å². The molecule has 3 aromatic heterocycles. The first-order valence-corrected chi connectivity index (χ1v) is 15.2. The van der Waals surface area contributed by atoms with E-state index in [1.54, 1.807) is 0 Å². The largest absolute Gasteiger partial charge is 0.455 e. The van der Waals surface area contributed by atoms with Gasteiger partial charge in [-0.2, -0.15) is 0 Å². The lowest BCUT2D eigenvalue weighted by atomic mass is 9.99. The van der Waals surface area contributed by atoms with Gasteiger partial charge in [-0.3, -0.25) is 0 Å². The monoisotopic (exact) mass is 624 g/mol. The van der Waals surface area contributed by atoms with Gasteiger partial charge in [-0.25, -0.2) is 15.0 Å². The summed E-state index contributed by atoms with van der Waals surface area (Å²) in [5, 5.41) is 1.42. The van der Waals surface area contributed by atoms with Gasteiger partial charge in [0.1, 0.15) is 22.3 Å². The van der Waals surface area contributed by atoms with E-state index >= 15 is 0 Å². The number of benzene rings is 7. The van der Waals surface area contributed by atoms with Gasteiger partial charge in [0, 0.05) is 49.2 Å². The van der Waals surface area contributed by atoms with E-state index in [9.17, 15) is 1.37 Å². The number of hydrogen-bond acceptors (Lipinski definition) is 5. The molecule has 0 fully saturated rings. The smallest absolute Gasteiger partial charge is 0.164 e. The molecule has 0 saturated carbocycles. The Morgan fingerprint density at radius 1 is 0.417 bits per heavy atom. The molecular weight excluding hydrogens is 590 g/mol. The molecule has 0 atom stereocenters. The molecule has 0 aliphatic heterocycles. The Bertz CT molecular complexity index is 3350. The lowest BCUT2D eigenvalue weighted by molar-refractivity contribution is 0.670. The topological polar surface area (TPSA) is 65.0 Å². The average Bonchev–Trinajstić information content (AvgIpc) is 3.83. The van der Waals surface area contributed by atoms with Gasteiger partial charge in [0.2, 0.25) is 0 Å². The van der Waals surface area contributed by atoms with E-state index in [-0.39, 0.29) is 61.8 Å². The Balaban J connectivity index is 1.30. The van der Waals surface area contributed by atoms with Crippen LogP contribution in [0.5, 0.6) is 0 Å². The molecule has 0 N–H and O–H groups in total. The summed E-state index contributed by atoms with van der Waals surface area (Å²) < 4.78 is 91.6. The van der Waals surface area contributed by atoms with Crippen molar-refractivity contribution < 1.29 is 21.2 Å². The molecule has 0 amide bonds. The second kappa shape index (κ2) is 10.5. The van der Waals surface area contributed by atoms with Crippen LogP contribution in [0.3, 0.4) is 0 Å². The molecular formula is C43H25N3O2. The Morgan fingerprint density at radius 3 is 1.90 bits per heavy atom. The zero-order valence-electron chi connectivity index (χ0n) is 33.9. The van der Waals surface area contributed by atoms with Gasteiger partial charge >= 0.3 is 0 Å². The van der Waals surface area contributed by atoms with Crippen LogP contribution in [-0.2, 0) is 0 Å². The van der Waals surface area contributed by atoms with Crippen LogP contribution in [0.15, 0.2) is 160 Å². The zero-order chi connectivity index (χ0) is 39.4. The molecule has 3 heterocycles. The molecule has 0 bridgehead atoms. The fourth-order valence-corrected chi connectivity index (χ4v) is 6.26. The molecule has 0 spiro atoms. The van der Waals surface area contributed by atoms with Gasteiger partial charge in [-0.1, -0.05) is 127 Å². The van der Waals surface area contributed by atoms with Crippen molar-refractivity contribution in [1.29, 1.82) is 0 Å². The minimum Gasteiger partial charge on any atom is -0.455 e. The molecule has 5 nitrogen and oxygen atoms in total. The maximum absolute atomic E-state index is 9.67. The fourth-order valence-electron chi connectivity index (χ4n) is 6.26. The molecule has 0 aliphatic rings. The van der Waals surface area contributed by atoms with Crippen LogP contribution in [0.1, 0.15) is 12.3 Å². The van der Waals surface area contributed by atoms with E-state index in [1.165, 1.54) is 0 Å². The number of aromatic nitrogens is 3. The zero-order valence-corrected chi connectivity index (χ0v) is 24.9. The summed E-state index contributed by atoms with van der Waals surface area (Å²) in [6.45, 7) is 0. The van der Waals surface area contributed by atoms with Crippen molar-refractivity contribution in [3.05, 3.63) is 151 Å². The van der Waals surface area contributed by atoms with Crippen LogP contribution in [0.25, 0.3) is 99.9 Å². The van der Waals surface area contributed by atoms with Crippen molar-refractivity contribution in [2.45, 2.75) is 0 Å². The summed E-state index contributed by atoms with van der Waals surface area (Å²) in [6, 6.07) is 26.2. The predicted molar refractivity (Wildman–Crippen MR) is 194 cm³/mol. The maximum atomic E-state index is 9.67. The number of para-hydroxylation sites is 2. The Morgan fingerprint density at radius 2 is 1.08 bits per heavy atom. The van der Waals surface area contributed by atoms with Crippen molar-refractivity contribution >= 4 is 54.6 Å². The Hall–Kier alpha value is -6.59. The van der Waals surface area contributed by atoms with Crippen molar-refractivity contribution in [3.8, 4) is 45.3 Å². The highest BCUT2D eigenvalue weighted by molar-refractivity contribution is 6.18. The van der Waals surface area contributed by atoms with Crippen LogP contribution >= 0.6 is 0 Å². The number of nitrogens with zero attached hydrogens (tertiary/aromatic N) is 3. The molecule has 224 valence electrons. The lowest BCUT2D eigenvalue weighted by Crippen LogP contribution is -2.00. The van der Waals surface area contributed by atoms with E-state index < -0.39 is 48.3 Å². The van der Waals surface area contributed by atoms with E-state index in [0.717, 1.165) is 27.5 Å². The molecule has 10 rings (SSSR count). The quantitative estimate of drug-likeness (QED) is 0.195. The average molecular weight is 625 g/mol. The normalized spacial score (nSPS) is 14.4. The first-order chi connectivity index (χ1) is 27.5. The Kier molecular flexibility index (Phi) is 4.18. The Labute approximate surface area is 287 Å². The van der Waals surface area contributed by atoms with Gasteiger partial charge in [-0.15, -0.1) is 0 Å². The van der Waals surface area contributed by atoms with Crippen LogP contribution in [0, 0.1) is 0 Å². The summed E-state index contributed by atoms with van der Waals surface area (Å²) in [7, 11) is 0. The van der Waals surface area contributed by atoms with Crippen LogP contribution in [-0.4, -0.2) is 15.0 Å². The van der Waals surface area contributed by atoms with Crippen LogP contribution < -0.4 is 0 Å². The van der Waals surface area contributed by atoms with Gasteiger partial charge < -0.3 is 8.83 Å². The van der Waals surface area contributed by atoms with E-state index in [1.807, 2.05) is 97.1 Å². The fraction of sp³-hybridized carbons (Fsp3) is 0. The molecule has 0 unspecified atom stereocenters. The highest BCUT2D eigenvalue weighted by Gasteiger charge is 2.20. The van der Waals surface area contributed by atoms with Crippen molar-refractivity contribution in [3.63, 3.8) is 0 Å². The number of hydrogen-bond donors (Lipinski definition) is 0. The molecule has 5 heteroatoms. The van der Waals surface area contributed by atoms with Crippen molar-refractivity contribution in [1.82, 2.24) is 15.0 Å². The highest BCUT2D eigenvalue weighted by atomic mass is 16.3. The van der Waals surface area contributed by atoms with Crippen molar-refractivity contribution in [2.24, 2.45) is 0 Å². The summed E-state index contributed by atoms with van der Waals surface area (Å²) >= 11 is 0. The molecule has 0 saturated heterocycles. The van der Waals surface area contributed by atoms with Gasteiger partial charge in [0.05, 0.1) is 12.3 Å². The third kappa shape index (κ3) is 4.15. The maximum Gasteiger partial charge on any atom is 0.164 e. The molecule has 0 radical (unpaired) electrons. The minimum absolute atomic E-state index is 0.0642. The van der Waals surface area contributed by atoms with E-state index in [0.29, 0.717) is 16.7 Å². The van der Waals surface area contributed by atoms with Gasteiger partial charge in [-0.05, 0) is 35.2 Å². The molecule has 48 heavy (non-hydrogen) atoms.